The maximum atomic E-state index is 13.0. The van der Waals surface area contributed by atoms with Gasteiger partial charge in [-0.05, 0) is 86.1 Å². The second-order valence-electron chi connectivity index (χ2n) is 10.3. The molecule has 2 aromatic carbocycles. The Morgan fingerprint density at radius 2 is 1.42 bits per heavy atom. The number of carbonyl (C=O) groups excluding carboxylic acids is 2. The quantitative estimate of drug-likeness (QED) is 0.647. The fraction of sp³-hybridized carbons (Fsp3) is 0.462. The lowest BCUT2D eigenvalue weighted by molar-refractivity contribution is -0.113. The van der Waals surface area contributed by atoms with Gasteiger partial charge in [-0.15, -0.1) is 0 Å². The van der Waals surface area contributed by atoms with Crippen molar-refractivity contribution in [3.63, 3.8) is 0 Å². The summed E-state index contributed by atoms with van der Waals surface area (Å²) in [4.78, 5) is 25.1. The summed E-state index contributed by atoms with van der Waals surface area (Å²) in [5, 5.41) is 5.95. The molecule has 0 heterocycles. The summed E-state index contributed by atoms with van der Waals surface area (Å²) in [6.07, 6.45) is 7.23. The molecule has 0 atom stereocenters. The maximum absolute atomic E-state index is 13.0. The molecule has 4 saturated carbocycles. The first-order valence-corrected chi connectivity index (χ1v) is 13.6. The van der Waals surface area contributed by atoms with Gasteiger partial charge in [0.25, 0.3) is 5.91 Å². The topological polar surface area (TPSA) is 92.3 Å². The molecular weight excluding hydrogens is 436 g/mol. The molecule has 0 spiro atoms. The van der Waals surface area contributed by atoms with Gasteiger partial charge < -0.3 is 10.6 Å². The molecule has 6 rings (SSSR count). The smallest absolute Gasteiger partial charge is 0.251 e. The predicted molar refractivity (Wildman–Crippen MR) is 127 cm³/mol. The SMILES string of the molecule is O=C(CS(=O)(=O)Cc1ccc(C(=O)NC23CC4CC(CC(C4)C2)C3)cc1)Nc1ccccc1. The van der Waals surface area contributed by atoms with Gasteiger partial charge in [-0.3, -0.25) is 9.59 Å². The van der Waals surface area contributed by atoms with Crippen molar-refractivity contribution in [1.29, 1.82) is 0 Å². The molecule has 2 N–H and O–H groups in total. The highest BCUT2D eigenvalue weighted by Crippen LogP contribution is 2.55. The molecule has 4 fully saturated rings. The highest BCUT2D eigenvalue weighted by Gasteiger charge is 2.51. The van der Waals surface area contributed by atoms with E-state index in [9.17, 15) is 18.0 Å². The Balaban J connectivity index is 1.18. The van der Waals surface area contributed by atoms with E-state index in [1.165, 1.54) is 19.3 Å². The van der Waals surface area contributed by atoms with Gasteiger partial charge in [-0.1, -0.05) is 30.3 Å². The van der Waals surface area contributed by atoms with Crippen molar-refractivity contribution in [2.45, 2.75) is 49.8 Å². The third-order valence-corrected chi connectivity index (χ3v) is 8.90. The lowest BCUT2D eigenvalue weighted by Crippen LogP contribution is -2.59. The molecule has 33 heavy (non-hydrogen) atoms. The molecule has 0 unspecified atom stereocenters. The maximum Gasteiger partial charge on any atom is 0.251 e. The van der Waals surface area contributed by atoms with Gasteiger partial charge in [-0.2, -0.15) is 0 Å². The summed E-state index contributed by atoms with van der Waals surface area (Å²) < 4.78 is 25.0. The van der Waals surface area contributed by atoms with Crippen LogP contribution in [0.1, 0.15) is 54.4 Å². The molecule has 174 valence electrons. The zero-order chi connectivity index (χ0) is 23.1. The summed E-state index contributed by atoms with van der Waals surface area (Å²) in [5.74, 6) is 0.790. The second-order valence-corrected chi connectivity index (χ2v) is 12.4. The third kappa shape index (κ3) is 5.13. The van der Waals surface area contributed by atoms with E-state index in [-0.39, 0.29) is 17.2 Å². The largest absolute Gasteiger partial charge is 0.347 e. The Morgan fingerprint density at radius 1 is 0.848 bits per heavy atom. The van der Waals surface area contributed by atoms with E-state index in [1.807, 2.05) is 6.07 Å². The number of hydrogen-bond donors (Lipinski definition) is 2. The molecule has 0 aliphatic heterocycles. The number of para-hydroxylation sites is 1. The van der Waals surface area contributed by atoms with E-state index in [1.54, 1.807) is 48.5 Å². The van der Waals surface area contributed by atoms with Gasteiger partial charge in [-0.25, -0.2) is 8.42 Å². The fourth-order valence-electron chi connectivity index (χ4n) is 6.55. The van der Waals surface area contributed by atoms with E-state index in [0.717, 1.165) is 37.0 Å². The number of nitrogens with one attached hydrogen (secondary N) is 2. The number of amides is 2. The molecule has 0 radical (unpaired) electrons. The lowest BCUT2D eigenvalue weighted by atomic mass is 9.53. The van der Waals surface area contributed by atoms with Crippen LogP contribution in [0.2, 0.25) is 0 Å². The summed E-state index contributed by atoms with van der Waals surface area (Å²) in [7, 11) is -3.64. The van der Waals surface area contributed by atoms with E-state index in [0.29, 0.717) is 16.8 Å². The molecule has 2 aromatic rings. The van der Waals surface area contributed by atoms with Crippen molar-refractivity contribution < 1.29 is 18.0 Å². The average Bonchev–Trinajstić information content (AvgIpc) is 2.72. The van der Waals surface area contributed by atoms with Gasteiger partial charge in [0, 0.05) is 16.8 Å². The Bertz CT molecular complexity index is 1110. The number of hydrogen-bond acceptors (Lipinski definition) is 4. The molecule has 0 saturated heterocycles. The highest BCUT2D eigenvalue weighted by atomic mass is 32.2. The molecule has 4 bridgehead atoms. The zero-order valence-corrected chi connectivity index (χ0v) is 19.4. The fourth-order valence-corrected chi connectivity index (χ4v) is 7.83. The van der Waals surface area contributed by atoms with Gasteiger partial charge >= 0.3 is 0 Å². The van der Waals surface area contributed by atoms with E-state index in [4.69, 9.17) is 0 Å². The molecule has 4 aliphatic carbocycles. The summed E-state index contributed by atoms with van der Waals surface area (Å²) in [6.45, 7) is 0. The van der Waals surface area contributed by atoms with Crippen molar-refractivity contribution in [2.24, 2.45) is 17.8 Å². The summed E-state index contributed by atoms with van der Waals surface area (Å²) >= 11 is 0. The molecule has 2 amide bonds. The predicted octanol–water partition coefficient (Wildman–Crippen LogP) is 3.94. The number of sulfone groups is 1. The third-order valence-electron chi connectivity index (χ3n) is 7.43. The average molecular weight is 467 g/mol. The highest BCUT2D eigenvalue weighted by molar-refractivity contribution is 7.91. The summed E-state index contributed by atoms with van der Waals surface area (Å²) in [6, 6.07) is 15.5. The standard InChI is InChI=1S/C26H30N2O4S/c29-24(27-23-4-2-1-3-5-23)17-33(31,32)16-18-6-8-22(9-7-18)25(30)28-26-13-19-10-20(14-26)12-21(11-19)15-26/h1-9,19-21H,10-17H2,(H,27,29)(H,28,30). The molecule has 0 aromatic heterocycles. The number of rotatable bonds is 7. The number of carbonyl (C=O) groups is 2. The van der Waals surface area contributed by atoms with E-state index < -0.39 is 21.5 Å². The first kappa shape index (κ1) is 22.1. The van der Waals surface area contributed by atoms with Crippen molar-refractivity contribution in [2.75, 3.05) is 11.1 Å². The Kier molecular flexibility index (Phi) is 5.77. The first-order chi connectivity index (χ1) is 15.8. The first-order valence-electron chi connectivity index (χ1n) is 11.7. The van der Waals surface area contributed by atoms with Crippen LogP contribution in [0.25, 0.3) is 0 Å². The Morgan fingerprint density at radius 3 is 2.00 bits per heavy atom. The van der Waals surface area contributed by atoms with Crippen molar-refractivity contribution in [3.8, 4) is 0 Å². The van der Waals surface area contributed by atoms with E-state index in [2.05, 4.69) is 10.6 Å². The van der Waals surface area contributed by atoms with Gasteiger partial charge in [0.2, 0.25) is 5.91 Å². The minimum atomic E-state index is -3.64. The van der Waals surface area contributed by atoms with Crippen molar-refractivity contribution >= 4 is 27.3 Å². The van der Waals surface area contributed by atoms with Crippen LogP contribution in [0.3, 0.4) is 0 Å². The Labute approximate surface area is 195 Å². The van der Waals surface area contributed by atoms with Crippen LogP contribution in [-0.2, 0) is 20.4 Å². The van der Waals surface area contributed by atoms with Gasteiger partial charge in [0.05, 0.1) is 5.75 Å². The van der Waals surface area contributed by atoms with Crippen LogP contribution >= 0.6 is 0 Å². The second kappa shape index (κ2) is 8.60. The minimum Gasteiger partial charge on any atom is -0.347 e. The molecule has 4 aliphatic rings. The zero-order valence-electron chi connectivity index (χ0n) is 18.6. The van der Waals surface area contributed by atoms with Crippen LogP contribution in [0.4, 0.5) is 5.69 Å². The molecule has 7 heteroatoms. The number of anilines is 1. The molecule has 6 nitrogen and oxygen atoms in total. The van der Waals surface area contributed by atoms with Crippen LogP contribution in [0.5, 0.6) is 0 Å². The monoisotopic (exact) mass is 466 g/mol. The molecular formula is C26H30N2O4S. The van der Waals surface area contributed by atoms with Crippen LogP contribution in [-0.4, -0.2) is 31.5 Å². The van der Waals surface area contributed by atoms with Gasteiger partial charge in [0.1, 0.15) is 5.75 Å². The Hall–Kier alpha value is -2.67. The summed E-state index contributed by atoms with van der Waals surface area (Å²) in [5.41, 5.74) is 1.62. The normalized spacial score (nSPS) is 27.8. The minimum absolute atomic E-state index is 0.0556. The van der Waals surface area contributed by atoms with Crippen LogP contribution < -0.4 is 10.6 Å². The number of benzene rings is 2. The van der Waals surface area contributed by atoms with Gasteiger partial charge in [0.15, 0.2) is 9.84 Å². The van der Waals surface area contributed by atoms with Crippen molar-refractivity contribution in [3.05, 3.63) is 65.7 Å². The van der Waals surface area contributed by atoms with E-state index >= 15 is 0 Å². The lowest BCUT2D eigenvalue weighted by Gasteiger charge is -2.56. The van der Waals surface area contributed by atoms with Crippen LogP contribution in [0.15, 0.2) is 54.6 Å². The van der Waals surface area contributed by atoms with Crippen LogP contribution in [0, 0.1) is 17.8 Å². The van der Waals surface area contributed by atoms with Crippen molar-refractivity contribution in [1.82, 2.24) is 5.32 Å².